The van der Waals surface area contributed by atoms with E-state index < -0.39 is 6.03 Å². The average Bonchev–Trinajstić information content (AvgIpc) is 2.99. The summed E-state index contributed by atoms with van der Waals surface area (Å²) >= 11 is 1.72. The Morgan fingerprint density at radius 1 is 1.15 bits per heavy atom. The number of hydrogen-bond acceptors (Lipinski definition) is 5. The van der Waals surface area contributed by atoms with Gasteiger partial charge in [-0.1, -0.05) is 0 Å². The number of thiophene rings is 1. The molecule has 0 aliphatic rings. The van der Waals surface area contributed by atoms with E-state index >= 15 is 0 Å². The summed E-state index contributed by atoms with van der Waals surface area (Å²) in [5, 5.41) is 5.01. The number of anilines is 1. The highest BCUT2D eigenvalue weighted by atomic mass is 32.1. The van der Waals surface area contributed by atoms with Crippen LogP contribution in [0.4, 0.5) is 10.5 Å². The highest BCUT2D eigenvalue weighted by Crippen LogP contribution is 2.18. The van der Waals surface area contributed by atoms with Gasteiger partial charge in [-0.05, 0) is 57.2 Å². The summed E-state index contributed by atoms with van der Waals surface area (Å²) < 4.78 is 5.07. The molecule has 0 aliphatic carbocycles. The minimum Gasteiger partial charge on any atom is -0.497 e. The molecular formula is C19H25N3O3S. The molecule has 0 saturated carbocycles. The average molecular weight is 375 g/mol. The molecule has 0 spiro atoms. The fraction of sp³-hybridized carbons (Fsp3) is 0.368. The predicted molar refractivity (Wildman–Crippen MR) is 105 cm³/mol. The number of carbonyl (C=O) groups is 2. The van der Waals surface area contributed by atoms with E-state index in [1.54, 1.807) is 42.7 Å². The molecule has 0 saturated heterocycles. The van der Waals surface area contributed by atoms with Crippen LogP contribution in [0.25, 0.3) is 0 Å². The Morgan fingerprint density at radius 3 is 2.38 bits per heavy atom. The number of amides is 3. The molecule has 0 aliphatic heterocycles. The highest BCUT2D eigenvalue weighted by molar-refractivity contribution is 7.11. The van der Waals surface area contributed by atoms with Gasteiger partial charge in [-0.2, -0.15) is 0 Å². The number of nitrogens with zero attached hydrogens (tertiary/aromatic N) is 1. The Bertz CT molecular complexity index is 741. The largest absolute Gasteiger partial charge is 0.497 e. The molecule has 1 heterocycles. The second-order valence-electron chi connectivity index (χ2n) is 6.24. The number of aryl methyl sites for hydroxylation is 1. The summed E-state index contributed by atoms with van der Waals surface area (Å²) in [5.74, 6) is 0.362. The first-order valence-corrected chi connectivity index (χ1v) is 9.23. The van der Waals surface area contributed by atoms with Crippen molar-refractivity contribution in [1.82, 2.24) is 10.2 Å². The third-order valence-electron chi connectivity index (χ3n) is 3.83. The van der Waals surface area contributed by atoms with E-state index in [1.165, 1.54) is 9.75 Å². The standard InChI is InChI=1S/C19H25N3O3S/c1-13(2)22(11-17-10-5-14(3)26-17)12-18(23)21-19(24)20-15-6-8-16(25-4)9-7-15/h5-10,13H,11-12H2,1-4H3,(H2,20,21,23,24). The summed E-state index contributed by atoms with van der Waals surface area (Å²) in [6.07, 6.45) is 0. The van der Waals surface area contributed by atoms with Crippen molar-refractivity contribution in [3.05, 3.63) is 46.2 Å². The van der Waals surface area contributed by atoms with Crippen LogP contribution < -0.4 is 15.4 Å². The van der Waals surface area contributed by atoms with Gasteiger partial charge in [0.05, 0.1) is 13.7 Å². The SMILES string of the molecule is COc1ccc(NC(=O)NC(=O)CN(Cc2ccc(C)s2)C(C)C)cc1. The Labute approximate surface area is 158 Å². The van der Waals surface area contributed by atoms with E-state index in [0.29, 0.717) is 18.0 Å². The van der Waals surface area contributed by atoms with E-state index in [4.69, 9.17) is 4.74 Å². The number of hydrogen-bond donors (Lipinski definition) is 2. The minimum atomic E-state index is -0.546. The second kappa shape index (κ2) is 9.35. The lowest BCUT2D eigenvalue weighted by Crippen LogP contribution is -2.43. The number of rotatable bonds is 7. The first-order valence-electron chi connectivity index (χ1n) is 8.41. The van der Waals surface area contributed by atoms with Crippen molar-refractivity contribution in [2.45, 2.75) is 33.4 Å². The van der Waals surface area contributed by atoms with Gasteiger partial charge in [0.25, 0.3) is 0 Å². The van der Waals surface area contributed by atoms with Crippen LogP contribution in [0, 0.1) is 6.92 Å². The third kappa shape index (κ3) is 6.16. The number of ether oxygens (including phenoxy) is 1. The molecule has 140 valence electrons. The van der Waals surface area contributed by atoms with Crippen LogP contribution >= 0.6 is 11.3 Å². The van der Waals surface area contributed by atoms with Gasteiger partial charge in [0.2, 0.25) is 5.91 Å². The molecular weight excluding hydrogens is 350 g/mol. The summed E-state index contributed by atoms with van der Waals surface area (Å²) in [6.45, 7) is 6.97. The molecule has 2 rings (SSSR count). The van der Waals surface area contributed by atoms with Gasteiger partial charge in [0.15, 0.2) is 0 Å². The molecule has 0 fully saturated rings. The maximum atomic E-state index is 12.2. The minimum absolute atomic E-state index is 0.157. The van der Waals surface area contributed by atoms with Crippen molar-refractivity contribution < 1.29 is 14.3 Å². The second-order valence-corrected chi connectivity index (χ2v) is 7.61. The smallest absolute Gasteiger partial charge is 0.325 e. The molecule has 0 atom stereocenters. The molecule has 1 aromatic heterocycles. The fourth-order valence-corrected chi connectivity index (χ4v) is 3.29. The van der Waals surface area contributed by atoms with Crippen molar-refractivity contribution in [3.8, 4) is 5.75 Å². The maximum Gasteiger partial charge on any atom is 0.325 e. The first kappa shape index (κ1) is 19.9. The van der Waals surface area contributed by atoms with Crippen molar-refractivity contribution in [1.29, 1.82) is 0 Å². The molecule has 1 aromatic carbocycles. The van der Waals surface area contributed by atoms with Crippen LogP contribution in [0.5, 0.6) is 5.75 Å². The van der Waals surface area contributed by atoms with E-state index in [9.17, 15) is 9.59 Å². The monoisotopic (exact) mass is 375 g/mol. The van der Waals surface area contributed by atoms with E-state index in [-0.39, 0.29) is 18.5 Å². The van der Waals surface area contributed by atoms with Gasteiger partial charge in [0.1, 0.15) is 5.75 Å². The zero-order valence-corrected chi connectivity index (χ0v) is 16.4. The third-order valence-corrected chi connectivity index (χ3v) is 4.82. The van der Waals surface area contributed by atoms with Crippen LogP contribution in [0.2, 0.25) is 0 Å². The van der Waals surface area contributed by atoms with Gasteiger partial charge in [0, 0.05) is 28.0 Å². The number of nitrogens with one attached hydrogen (secondary N) is 2. The van der Waals surface area contributed by atoms with E-state index in [0.717, 1.165) is 0 Å². The number of methoxy groups -OCH3 is 1. The molecule has 0 unspecified atom stereocenters. The maximum absolute atomic E-state index is 12.2. The summed E-state index contributed by atoms with van der Waals surface area (Å²) in [4.78, 5) is 28.7. The molecule has 0 bridgehead atoms. The zero-order chi connectivity index (χ0) is 19.1. The molecule has 2 N–H and O–H groups in total. The fourth-order valence-electron chi connectivity index (χ4n) is 2.38. The lowest BCUT2D eigenvalue weighted by atomic mass is 10.3. The first-order chi connectivity index (χ1) is 12.4. The number of urea groups is 1. The Hall–Kier alpha value is -2.38. The van der Waals surface area contributed by atoms with Crippen LogP contribution in [0.15, 0.2) is 36.4 Å². The normalized spacial score (nSPS) is 10.8. The summed E-state index contributed by atoms with van der Waals surface area (Å²) in [6, 6.07) is 10.7. The van der Waals surface area contributed by atoms with Crippen molar-refractivity contribution in [2.24, 2.45) is 0 Å². The van der Waals surface area contributed by atoms with Crippen LogP contribution in [0.3, 0.4) is 0 Å². The Kier molecular flexibility index (Phi) is 7.17. The van der Waals surface area contributed by atoms with E-state index in [2.05, 4.69) is 29.7 Å². The molecule has 2 aromatic rings. The van der Waals surface area contributed by atoms with Crippen molar-refractivity contribution >= 4 is 29.0 Å². The number of carbonyl (C=O) groups excluding carboxylic acids is 2. The van der Waals surface area contributed by atoms with Gasteiger partial charge in [-0.15, -0.1) is 11.3 Å². The lowest BCUT2D eigenvalue weighted by molar-refractivity contribution is -0.121. The van der Waals surface area contributed by atoms with Crippen molar-refractivity contribution in [2.75, 3.05) is 19.0 Å². The zero-order valence-electron chi connectivity index (χ0n) is 15.5. The number of imide groups is 1. The van der Waals surface area contributed by atoms with Gasteiger partial charge < -0.3 is 10.1 Å². The quantitative estimate of drug-likeness (QED) is 0.775. The van der Waals surface area contributed by atoms with Crippen LogP contribution in [-0.2, 0) is 11.3 Å². The molecule has 7 heteroatoms. The summed E-state index contributed by atoms with van der Waals surface area (Å²) in [7, 11) is 1.58. The summed E-state index contributed by atoms with van der Waals surface area (Å²) in [5.41, 5.74) is 0.589. The Morgan fingerprint density at radius 2 is 1.85 bits per heavy atom. The van der Waals surface area contributed by atoms with Crippen LogP contribution in [-0.4, -0.2) is 36.5 Å². The van der Waals surface area contributed by atoms with E-state index in [1.807, 2.05) is 18.7 Å². The van der Waals surface area contributed by atoms with Gasteiger partial charge >= 0.3 is 6.03 Å². The number of benzene rings is 1. The van der Waals surface area contributed by atoms with Crippen LogP contribution in [0.1, 0.15) is 23.6 Å². The topological polar surface area (TPSA) is 70.7 Å². The lowest BCUT2D eigenvalue weighted by Gasteiger charge is -2.25. The Balaban J connectivity index is 1.86. The molecule has 0 radical (unpaired) electrons. The van der Waals surface area contributed by atoms with Gasteiger partial charge in [-0.3, -0.25) is 15.0 Å². The van der Waals surface area contributed by atoms with Gasteiger partial charge in [-0.25, -0.2) is 4.79 Å². The molecule has 3 amide bonds. The predicted octanol–water partition coefficient (Wildman–Crippen LogP) is 3.62. The highest BCUT2D eigenvalue weighted by Gasteiger charge is 2.17. The molecule has 26 heavy (non-hydrogen) atoms. The molecule has 6 nitrogen and oxygen atoms in total. The van der Waals surface area contributed by atoms with Crippen molar-refractivity contribution in [3.63, 3.8) is 0 Å².